The molecule has 0 saturated heterocycles. The average molecular weight is 265 g/mol. The van der Waals surface area contributed by atoms with E-state index < -0.39 is 23.6 Å². The first-order valence-electron chi connectivity index (χ1n) is 5.26. The van der Waals surface area contributed by atoms with Crippen LogP contribution in [0.1, 0.15) is 17.2 Å². The molecule has 3 N–H and O–H groups in total. The minimum atomic E-state index is -4.71. The number of nitrogens with zero attached hydrogens (tertiary/aromatic N) is 1. The van der Waals surface area contributed by atoms with Crippen molar-refractivity contribution in [2.45, 2.75) is 12.2 Å². The SMILES string of the molecule is CN(C)NC(CN)c1ccc(F)c(C(F)(F)F)c1. The Bertz CT molecular complexity index is 404. The van der Waals surface area contributed by atoms with Crippen molar-refractivity contribution in [1.29, 1.82) is 0 Å². The summed E-state index contributed by atoms with van der Waals surface area (Å²) in [6.45, 7) is 0.0983. The molecule has 0 heterocycles. The molecule has 1 rings (SSSR count). The molecule has 1 aromatic rings. The Balaban J connectivity index is 3.10. The highest BCUT2D eigenvalue weighted by Crippen LogP contribution is 2.32. The van der Waals surface area contributed by atoms with E-state index in [0.29, 0.717) is 5.56 Å². The zero-order valence-corrected chi connectivity index (χ0v) is 10.1. The third kappa shape index (κ3) is 3.66. The van der Waals surface area contributed by atoms with Gasteiger partial charge in [-0.2, -0.15) is 13.2 Å². The van der Waals surface area contributed by atoms with Gasteiger partial charge in [0.05, 0.1) is 11.6 Å². The molecule has 0 saturated carbocycles. The van der Waals surface area contributed by atoms with E-state index in [-0.39, 0.29) is 6.54 Å². The first-order chi connectivity index (χ1) is 8.25. The summed E-state index contributed by atoms with van der Waals surface area (Å²) < 4.78 is 50.8. The standard InChI is InChI=1S/C11H15F4N3/c1-18(2)17-10(6-16)7-3-4-9(12)8(5-7)11(13,14)15/h3-5,10,17H,6,16H2,1-2H3. The van der Waals surface area contributed by atoms with Crippen LogP contribution in [0.3, 0.4) is 0 Å². The Morgan fingerprint density at radius 1 is 1.33 bits per heavy atom. The van der Waals surface area contributed by atoms with Crippen LogP contribution < -0.4 is 11.2 Å². The molecule has 0 fully saturated rings. The van der Waals surface area contributed by atoms with Crippen molar-refractivity contribution < 1.29 is 17.6 Å². The lowest BCUT2D eigenvalue weighted by Crippen LogP contribution is -2.38. The van der Waals surface area contributed by atoms with E-state index in [2.05, 4.69) is 5.43 Å². The van der Waals surface area contributed by atoms with Crippen molar-refractivity contribution in [3.8, 4) is 0 Å². The van der Waals surface area contributed by atoms with Gasteiger partial charge in [-0.25, -0.2) is 14.8 Å². The predicted molar refractivity (Wildman–Crippen MR) is 60.0 cm³/mol. The van der Waals surface area contributed by atoms with Crippen LogP contribution in [0.25, 0.3) is 0 Å². The Hall–Kier alpha value is -1.18. The summed E-state index contributed by atoms with van der Waals surface area (Å²) in [5, 5.41) is 1.58. The van der Waals surface area contributed by atoms with E-state index in [1.54, 1.807) is 19.1 Å². The molecule has 0 aliphatic rings. The van der Waals surface area contributed by atoms with Gasteiger partial charge in [0.2, 0.25) is 0 Å². The van der Waals surface area contributed by atoms with Gasteiger partial charge in [0.1, 0.15) is 5.82 Å². The monoisotopic (exact) mass is 265 g/mol. The fourth-order valence-corrected chi connectivity index (χ4v) is 1.55. The minimum absolute atomic E-state index is 0.0983. The Kier molecular flexibility index (Phi) is 4.66. The summed E-state index contributed by atoms with van der Waals surface area (Å²) in [6.07, 6.45) is -4.71. The number of halogens is 4. The van der Waals surface area contributed by atoms with Crippen LogP contribution in [0.4, 0.5) is 17.6 Å². The number of nitrogens with one attached hydrogen (secondary N) is 1. The van der Waals surface area contributed by atoms with Crippen LogP contribution in [0.5, 0.6) is 0 Å². The number of benzene rings is 1. The quantitative estimate of drug-likeness (QED) is 0.645. The smallest absolute Gasteiger partial charge is 0.329 e. The number of alkyl halides is 3. The molecule has 0 amide bonds. The van der Waals surface area contributed by atoms with E-state index in [4.69, 9.17) is 5.73 Å². The summed E-state index contributed by atoms with van der Waals surface area (Å²) in [7, 11) is 3.38. The van der Waals surface area contributed by atoms with Gasteiger partial charge in [0.15, 0.2) is 0 Å². The van der Waals surface area contributed by atoms with Gasteiger partial charge in [-0.3, -0.25) is 0 Å². The van der Waals surface area contributed by atoms with Gasteiger partial charge < -0.3 is 5.73 Å². The average Bonchev–Trinajstić information content (AvgIpc) is 2.25. The highest BCUT2D eigenvalue weighted by atomic mass is 19.4. The van der Waals surface area contributed by atoms with E-state index in [0.717, 1.165) is 12.1 Å². The van der Waals surface area contributed by atoms with Crippen LogP contribution in [0.2, 0.25) is 0 Å². The minimum Gasteiger partial charge on any atom is -0.329 e. The molecule has 1 unspecified atom stereocenters. The van der Waals surface area contributed by atoms with Crippen LogP contribution in [-0.4, -0.2) is 25.6 Å². The molecule has 18 heavy (non-hydrogen) atoms. The van der Waals surface area contributed by atoms with E-state index in [1.165, 1.54) is 6.07 Å². The van der Waals surface area contributed by atoms with Crippen LogP contribution >= 0.6 is 0 Å². The van der Waals surface area contributed by atoms with Crippen molar-refractivity contribution in [3.05, 3.63) is 35.1 Å². The van der Waals surface area contributed by atoms with E-state index in [1.807, 2.05) is 0 Å². The second kappa shape index (κ2) is 5.64. The number of nitrogens with two attached hydrogens (primary N) is 1. The van der Waals surface area contributed by atoms with E-state index >= 15 is 0 Å². The maximum Gasteiger partial charge on any atom is 0.419 e. The molecule has 0 spiro atoms. The number of rotatable bonds is 4. The van der Waals surface area contributed by atoms with Crippen molar-refractivity contribution in [2.75, 3.05) is 20.6 Å². The summed E-state index contributed by atoms with van der Waals surface area (Å²) in [5.41, 5.74) is 7.36. The van der Waals surface area contributed by atoms with Crippen LogP contribution in [0.15, 0.2) is 18.2 Å². The Labute approximate surface area is 103 Å². The molecule has 0 aromatic heterocycles. The molecule has 0 aliphatic carbocycles. The van der Waals surface area contributed by atoms with Crippen molar-refractivity contribution in [3.63, 3.8) is 0 Å². The summed E-state index contributed by atoms with van der Waals surface area (Å²) >= 11 is 0. The molecule has 7 heteroatoms. The Morgan fingerprint density at radius 2 is 1.94 bits per heavy atom. The molecule has 102 valence electrons. The maximum absolute atomic E-state index is 13.1. The first kappa shape index (κ1) is 14.9. The number of hydrogen-bond acceptors (Lipinski definition) is 3. The molecule has 0 aliphatic heterocycles. The predicted octanol–water partition coefficient (Wildman–Crippen LogP) is 1.91. The van der Waals surface area contributed by atoms with Crippen LogP contribution in [-0.2, 0) is 6.18 Å². The second-order valence-electron chi connectivity index (χ2n) is 4.05. The van der Waals surface area contributed by atoms with Gasteiger partial charge in [-0.15, -0.1) is 0 Å². The highest BCUT2D eigenvalue weighted by molar-refractivity contribution is 5.29. The third-order valence-electron chi connectivity index (χ3n) is 2.35. The lowest BCUT2D eigenvalue weighted by Gasteiger charge is -2.23. The maximum atomic E-state index is 13.1. The molecule has 0 bridgehead atoms. The van der Waals surface area contributed by atoms with Crippen molar-refractivity contribution in [2.24, 2.45) is 5.73 Å². The molecular weight excluding hydrogens is 250 g/mol. The first-order valence-corrected chi connectivity index (χ1v) is 5.26. The largest absolute Gasteiger partial charge is 0.419 e. The zero-order chi connectivity index (χ0) is 13.9. The van der Waals surface area contributed by atoms with Crippen LogP contribution in [0, 0.1) is 5.82 Å². The summed E-state index contributed by atoms with van der Waals surface area (Å²) in [4.78, 5) is 0. The van der Waals surface area contributed by atoms with Gasteiger partial charge in [0.25, 0.3) is 0 Å². The van der Waals surface area contributed by atoms with Gasteiger partial charge >= 0.3 is 6.18 Å². The lowest BCUT2D eigenvalue weighted by molar-refractivity contribution is -0.140. The van der Waals surface area contributed by atoms with Crippen molar-refractivity contribution in [1.82, 2.24) is 10.4 Å². The van der Waals surface area contributed by atoms with Crippen molar-refractivity contribution >= 4 is 0 Å². The normalized spacial score (nSPS) is 14.0. The summed E-state index contributed by atoms with van der Waals surface area (Å²) in [6, 6.07) is 2.38. The second-order valence-corrected chi connectivity index (χ2v) is 4.05. The molecule has 0 radical (unpaired) electrons. The molecule has 1 aromatic carbocycles. The van der Waals surface area contributed by atoms with Gasteiger partial charge in [-0.1, -0.05) is 6.07 Å². The number of hydrazine groups is 1. The highest BCUT2D eigenvalue weighted by Gasteiger charge is 2.34. The zero-order valence-electron chi connectivity index (χ0n) is 10.1. The van der Waals surface area contributed by atoms with Gasteiger partial charge in [0, 0.05) is 20.6 Å². The Morgan fingerprint density at radius 3 is 2.39 bits per heavy atom. The van der Waals surface area contributed by atoms with E-state index in [9.17, 15) is 17.6 Å². The topological polar surface area (TPSA) is 41.3 Å². The summed E-state index contributed by atoms with van der Waals surface area (Å²) in [5.74, 6) is -1.29. The molecule has 3 nitrogen and oxygen atoms in total. The fourth-order valence-electron chi connectivity index (χ4n) is 1.55. The molecule has 1 atom stereocenters. The number of hydrogen-bond donors (Lipinski definition) is 2. The fraction of sp³-hybridized carbons (Fsp3) is 0.455. The van der Waals surface area contributed by atoms with Gasteiger partial charge in [-0.05, 0) is 17.7 Å². The molecular formula is C11H15F4N3. The third-order valence-corrected chi connectivity index (χ3v) is 2.35. The lowest BCUT2D eigenvalue weighted by atomic mass is 10.0.